The Bertz CT molecular complexity index is 852. The zero-order valence-corrected chi connectivity index (χ0v) is 16.0. The first-order valence-electron chi connectivity index (χ1n) is 8.75. The second-order valence-corrected chi connectivity index (χ2v) is 8.05. The van der Waals surface area contributed by atoms with Crippen LogP contribution in [-0.2, 0) is 20.9 Å². The van der Waals surface area contributed by atoms with E-state index in [2.05, 4.69) is 4.74 Å². The number of halogens is 2. The van der Waals surface area contributed by atoms with Crippen molar-refractivity contribution in [2.24, 2.45) is 5.92 Å². The first-order valence-corrected chi connectivity index (χ1v) is 9.56. The molecule has 0 spiro atoms. The van der Waals surface area contributed by atoms with Gasteiger partial charge < -0.3 is 9.64 Å². The number of hydrogen-bond acceptors (Lipinski definition) is 4. The lowest BCUT2D eigenvalue weighted by Gasteiger charge is -2.23. The molecule has 1 amide bonds. The van der Waals surface area contributed by atoms with Crippen LogP contribution in [0.3, 0.4) is 0 Å². The summed E-state index contributed by atoms with van der Waals surface area (Å²) in [5.41, 5.74) is 0.483. The summed E-state index contributed by atoms with van der Waals surface area (Å²) in [6.07, 6.45) is 0.826. The van der Waals surface area contributed by atoms with Gasteiger partial charge in [-0.3, -0.25) is 9.59 Å². The third-order valence-electron chi connectivity index (χ3n) is 4.72. The van der Waals surface area contributed by atoms with Crippen molar-refractivity contribution in [1.82, 2.24) is 4.90 Å². The molecule has 2 atom stereocenters. The zero-order valence-electron chi connectivity index (χ0n) is 15.2. The Morgan fingerprint density at radius 3 is 2.63 bits per heavy atom. The van der Waals surface area contributed by atoms with Gasteiger partial charge in [-0.2, -0.15) is 0 Å². The Labute approximate surface area is 160 Å². The maximum Gasteiger partial charge on any atom is 0.307 e. The first-order chi connectivity index (χ1) is 12.9. The number of rotatable bonds is 7. The lowest BCUT2D eigenvalue weighted by molar-refractivity contribution is -0.142. The van der Waals surface area contributed by atoms with E-state index >= 15 is 0 Å². The maximum absolute atomic E-state index is 13.5. The van der Waals surface area contributed by atoms with E-state index in [-0.39, 0.29) is 37.3 Å². The summed E-state index contributed by atoms with van der Waals surface area (Å²) in [6.45, 7) is 2.33. The smallest absolute Gasteiger partial charge is 0.307 e. The molecule has 0 saturated heterocycles. The minimum Gasteiger partial charge on any atom is -0.469 e. The molecule has 1 aromatic heterocycles. The normalized spacial score (nSPS) is 18.2. The second-order valence-electron chi connectivity index (χ2n) is 6.73. The summed E-state index contributed by atoms with van der Waals surface area (Å²) < 4.78 is 31.3. The van der Waals surface area contributed by atoms with Gasteiger partial charge in [0.05, 0.1) is 13.5 Å². The molecule has 144 valence electrons. The van der Waals surface area contributed by atoms with Crippen molar-refractivity contribution < 1.29 is 23.1 Å². The summed E-state index contributed by atoms with van der Waals surface area (Å²) in [7, 11) is 1.29. The minimum atomic E-state index is -0.953. The Morgan fingerprint density at radius 2 is 2.00 bits per heavy atom. The molecular formula is C20H21F2NO3S. The average Bonchev–Trinajstić information content (AvgIpc) is 3.34. The van der Waals surface area contributed by atoms with Crippen LogP contribution in [0.4, 0.5) is 8.78 Å². The fourth-order valence-corrected chi connectivity index (χ4v) is 4.18. The van der Waals surface area contributed by atoms with Crippen LogP contribution < -0.4 is 0 Å². The van der Waals surface area contributed by atoms with Gasteiger partial charge in [0.2, 0.25) is 5.91 Å². The van der Waals surface area contributed by atoms with Gasteiger partial charge in [0.15, 0.2) is 11.6 Å². The molecule has 0 N–H and O–H groups in total. The first kappa shape index (κ1) is 19.5. The molecule has 1 saturated carbocycles. The Morgan fingerprint density at radius 1 is 1.22 bits per heavy atom. The van der Waals surface area contributed by atoms with Crippen LogP contribution in [0.1, 0.15) is 34.1 Å². The third kappa shape index (κ3) is 4.71. The SMILES string of the molecule is COC(=O)CCN(Cc1ccc(F)c(F)c1)C(=O)C1CC1c1ccc(C)s1. The third-order valence-corrected chi connectivity index (χ3v) is 5.85. The number of esters is 1. The summed E-state index contributed by atoms with van der Waals surface area (Å²) in [5, 5.41) is 0. The summed E-state index contributed by atoms with van der Waals surface area (Å²) >= 11 is 1.68. The fourth-order valence-electron chi connectivity index (χ4n) is 3.12. The van der Waals surface area contributed by atoms with Crippen molar-refractivity contribution in [1.29, 1.82) is 0 Å². The Kier molecular flexibility index (Phi) is 5.89. The molecule has 1 aliphatic rings. The average molecular weight is 393 g/mol. The number of aryl methyl sites for hydroxylation is 1. The van der Waals surface area contributed by atoms with Gasteiger partial charge in [0.1, 0.15) is 0 Å². The standard InChI is InChI=1S/C20H21F2NO3S/c1-12-3-6-18(27-12)14-10-15(14)20(25)23(8-7-19(24)26-2)11-13-4-5-16(21)17(22)9-13/h3-6,9,14-15H,7-8,10-11H2,1-2H3. The predicted octanol–water partition coefficient (Wildman–Crippen LogP) is 4.03. The van der Waals surface area contributed by atoms with E-state index in [0.29, 0.717) is 5.56 Å². The largest absolute Gasteiger partial charge is 0.469 e. The number of amides is 1. The van der Waals surface area contributed by atoms with E-state index in [1.807, 2.05) is 19.1 Å². The molecule has 2 unspecified atom stereocenters. The molecule has 1 fully saturated rings. The van der Waals surface area contributed by atoms with Crippen molar-refractivity contribution >= 4 is 23.2 Å². The van der Waals surface area contributed by atoms with E-state index in [1.54, 1.807) is 11.3 Å². The molecule has 7 heteroatoms. The summed E-state index contributed by atoms with van der Waals surface area (Å²) in [4.78, 5) is 28.4. The highest BCUT2D eigenvalue weighted by Gasteiger charge is 2.46. The second kappa shape index (κ2) is 8.17. The topological polar surface area (TPSA) is 46.6 Å². The van der Waals surface area contributed by atoms with Crippen molar-refractivity contribution in [3.05, 3.63) is 57.3 Å². The molecular weight excluding hydrogens is 372 g/mol. The molecule has 0 radical (unpaired) electrons. The Hall–Kier alpha value is -2.28. The molecule has 0 bridgehead atoms. The van der Waals surface area contributed by atoms with Gasteiger partial charge in [-0.1, -0.05) is 6.07 Å². The summed E-state index contributed by atoms with van der Waals surface area (Å²) in [6, 6.07) is 7.66. The highest BCUT2D eigenvalue weighted by Crippen LogP contribution is 2.50. The van der Waals surface area contributed by atoms with Gasteiger partial charge in [-0.25, -0.2) is 8.78 Å². The van der Waals surface area contributed by atoms with Gasteiger partial charge >= 0.3 is 5.97 Å². The van der Waals surface area contributed by atoms with E-state index in [1.165, 1.54) is 27.8 Å². The van der Waals surface area contributed by atoms with Gasteiger partial charge in [0, 0.05) is 34.7 Å². The number of thiophene rings is 1. The molecule has 27 heavy (non-hydrogen) atoms. The van der Waals surface area contributed by atoms with E-state index in [4.69, 9.17) is 0 Å². The fraction of sp³-hybridized carbons (Fsp3) is 0.400. The van der Waals surface area contributed by atoms with Crippen molar-refractivity contribution in [3.63, 3.8) is 0 Å². The van der Waals surface area contributed by atoms with Crippen LogP contribution in [0.2, 0.25) is 0 Å². The molecule has 1 aliphatic carbocycles. The van der Waals surface area contributed by atoms with Crippen LogP contribution in [0, 0.1) is 24.5 Å². The monoisotopic (exact) mass is 393 g/mol. The molecule has 2 aromatic rings. The van der Waals surface area contributed by atoms with Crippen molar-refractivity contribution in [3.8, 4) is 0 Å². The van der Waals surface area contributed by atoms with Crippen LogP contribution in [0.25, 0.3) is 0 Å². The molecule has 0 aliphatic heterocycles. The quantitative estimate of drug-likeness (QED) is 0.668. The molecule has 1 aromatic carbocycles. The molecule has 1 heterocycles. The van der Waals surface area contributed by atoms with Crippen LogP contribution >= 0.6 is 11.3 Å². The van der Waals surface area contributed by atoms with Crippen LogP contribution in [0.15, 0.2) is 30.3 Å². The van der Waals surface area contributed by atoms with Gasteiger partial charge in [-0.05, 0) is 43.2 Å². The predicted molar refractivity (Wildman–Crippen MR) is 98.3 cm³/mol. The number of methoxy groups -OCH3 is 1. The van der Waals surface area contributed by atoms with Gasteiger partial charge in [-0.15, -0.1) is 11.3 Å². The lowest BCUT2D eigenvalue weighted by Crippen LogP contribution is -2.34. The van der Waals surface area contributed by atoms with Gasteiger partial charge in [0.25, 0.3) is 0 Å². The van der Waals surface area contributed by atoms with Crippen molar-refractivity contribution in [2.75, 3.05) is 13.7 Å². The number of carbonyl (C=O) groups is 2. The highest BCUT2D eigenvalue weighted by atomic mass is 32.1. The van der Waals surface area contributed by atoms with E-state index in [0.717, 1.165) is 18.6 Å². The highest BCUT2D eigenvalue weighted by molar-refractivity contribution is 7.12. The number of benzene rings is 1. The number of ether oxygens (including phenoxy) is 1. The molecule has 3 rings (SSSR count). The van der Waals surface area contributed by atoms with Crippen molar-refractivity contribution in [2.45, 2.75) is 32.2 Å². The number of carbonyl (C=O) groups excluding carboxylic acids is 2. The van der Waals surface area contributed by atoms with Crippen LogP contribution in [0.5, 0.6) is 0 Å². The minimum absolute atomic E-state index is 0.0570. The maximum atomic E-state index is 13.5. The lowest BCUT2D eigenvalue weighted by atomic mass is 10.1. The zero-order chi connectivity index (χ0) is 19.6. The van der Waals surface area contributed by atoms with E-state index in [9.17, 15) is 18.4 Å². The number of hydrogen-bond donors (Lipinski definition) is 0. The molecule has 4 nitrogen and oxygen atoms in total. The van der Waals surface area contributed by atoms with E-state index < -0.39 is 17.6 Å². The summed E-state index contributed by atoms with van der Waals surface area (Å²) in [5.74, 6) is -2.31. The number of nitrogens with zero attached hydrogens (tertiary/aromatic N) is 1. The Balaban J connectivity index is 1.71. The van der Waals surface area contributed by atoms with Crippen LogP contribution in [-0.4, -0.2) is 30.4 Å².